The van der Waals surface area contributed by atoms with Crippen molar-refractivity contribution >= 4 is 7.82 Å². The molecule has 0 aromatic carbocycles. The predicted molar refractivity (Wildman–Crippen MR) is 60.8 cm³/mol. The summed E-state index contributed by atoms with van der Waals surface area (Å²) in [6.45, 7) is 2.75. The second kappa shape index (κ2) is 6.89. The lowest BCUT2D eigenvalue weighted by Crippen LogP contribution is -2.59. The highest BCUT2D eigenvalue weighted by Gasteiger charge is 2.44. The van der Waals surface area contributed by atoms with Gasteiger partial charge >= 0.3 is 7.82 Å². The van der Waals surface area contributed by atoms with E-state index in [4.69, 9.17) is 19.3 Å². The minimum Gasteiger partial charge on any atom is -0.387 e. The summed E-state index contributed by atoms with van der Waals surface area (Å²) >= 11 is 0. The molecule has 9 nitrogen and oxygen atoms in total. The molecule has 0 aromatic rings. The van der Waals surface area contributed by atoms with E-state index in [1.165, 1.54) is 6.08 Å². The molecule has 1 aliphatic heterocycles. The molecule has 19 heavy (non-hydrogen) atoms. The van der Waals surface area contributed by atoms with Gasteiger partial charge in [0.05, 0.1) is 13.2 Å². The van der Waals surface area contributed by atoms with E-state index in [-0.39, 0.29) is 6.61 Å². The molecule has 0 amide bonds. The third-order valence-corrected chi connectivity index (χ3v) is 2.94. The van der Waals surface area contributed by atoms with Gasteiger partial charge < -0.3 is 34.6 Å². The maximum absolute atomic E-state index is 10.6. The maximum Gasteiger partial charge on any atom is 0.469 e. The Bertz CT molecular complexity index is 343. The fourth-order valence-electron chi connectivity index (χ4n) is 1.53. The van der Waals surface area contributed by atoms with Crippen LogP contribution < -0.4 is 0 Å². The summed E-state index contributed by atoms with van der Waals surface area (Å²) in [5.41, 5.74) is 0. The van der Waals surface area contributed by atoms with Crippen molar-refractivity contribution in [3.63, 3.8) is 0 Å². The van der Waals surface area contributed by atoms with Gasteiger partial charge in [-0.15, -0.1) is 6.58 Å². The van der Waals surface area contributed by atoms with Crippen LogP contribution in [0, 0.1) is 0 Å². The van der Waals surface area contributed by atoms with E-state index in [0.29, 0.717) is 0 Å². The fraction of sp³-hybridized carbons (Fsp3) is 0.778. The Morgan fingerprint density at radius 3 is 2.37 bits per heavy atom. The van der Waals surface area contributed by atoms with Crippen LogP contribution in [-0.4, -0.2) is 69.0 Å². The lowest BCUT2D eigenvalue weighted by molar-refractivity contribution is -0.297. The zero-order valence-electron chi connectivity index (χ0n) is 9.90. The minimum absolute atomic E-state index is 0.0244. The lowest BCUT2D eigenvalue weighted by atomic mass is 9.99. The van der Waals surface area contributed by atoms with E-state index in [9.17, 15) is 19.9 Å². The Morgan fingerprint density at radius 2 is 1.84 bits per heavy atom. The number of aliphatic hydroxyl groups is 3. The third kappa shape index (κ3) is 4.92. The van der Waals surface area contributed by atoms with Gasteiger partial charge in [0, 0.05) is 0 Å². The molecule has 1 rings (SSSR count). The van der Waals surface area contributed by atoms with E-state index in [1.807, 2.05) is 0 Å². The molecule has 0 aromatic heterocycles. The lowest BCUT2D eigenvalue weighted by Gasteiger charge is -2.39. The van der Waals surface area contributed by atoms with Crippen LogP contribution >= 0.6 is 7.82 Å². The molecule has 0 radical (unpaired) electrons. The molecule has 5 atom stereocenters. The summed E-state index contributed by atoms with van der Waals surface area (Å²) in [4.78, 5) is 17.1. The van der Waals surface area contributed by atoms with Crippen LogP contribution in [0.2, 0.25) is 0 Å². The minimum atomic E-state index is -4.73. The monoisotopic (exact) mass is 300 g/mol. The highest BCUT2D eigenvalue weighted by Crippen LogP contribution is 2.37. The first-order valence-corrected chi connectivity index (χ1v) is 6.91. The van der Waals surface area contributed by atoms with Gasteiger partial charge in [-0.1, -0.05) is 6.08 Å². The SMILES string of the molecule is C=CCOC1O[C@H](COP(=O)(O)O)[C@@H](O)[C@H](O)[C@@H]1O. The summed E-state index contributed by atoms with van der Waals surface area (Å²) in [6.07, 6.45) is -5.78. The Hall–Kier alpha value is -0.350. The molecule has 0 spiro atoms. The summed E-state index contributed by atoms with van der Waals surface area (Å²) in [6, 6.07) is 0. The highest BCUT2D eigenvalue weighted by atomic mass is 31.2. The second-order valence-electron chi connectivity index (χ2n) is 3.92. The van der Waals surface area contributed by atoms with Gasteiger partial charge in [-0.2, -0.15) is 0 Å². The van der Waals surface area contributed by atoms with Crippen LogP contribution in [0.5, 0.6) is 0 Å². The van der Waals surface area contributed by atoms with Gasteiger partial charge in [0.25, 0.3) is 0 Å². The molecule has 1 saturated heterocycles. The van der Waals surface area contributed by atoms with E-state index >= 15 is 0 Å². The predicted octanol–water partition coefficient (Wildman–Crippen LogP) is -1.89. The molecule has 0 saturated carbocycles. The number of rotatable bonds is 6. The molecule has 1 fully saturated rings. The third-order valence-electron chi connectivity index (χ3n) is 2.45. The zero-order valence-corrected chi connectivity index (χ0v) is 10.8. The molecular weight excluding hydrogens is 283 g/mol. The van der Waals surface area contributed by atoms with Crippen molar-refractivity contribution in [2.24, 2.45) is 0 Å². The molecule has 1 heterocycles. The Kier molecular flexibility index (Phi) is 6.06. The van der Waals surface area contributed by atoms with Gasteiger partial charge in [0.1, 0.15) is 24.4 Å². The largest absolute Gasteiger partial charge is 0.469 e. The fourth-order valence-corrected chi connectivity index (χ4v) is 1.87. The van der Waals surface area contributed by atoms with E-state index in [2.05, 4.69) is 11.1 Å². The molecular formula is C9H17O9P. The van der Waals surface area contributed by atoms with Gasteiger partial charge in [0.15, 0.2) is 6.29 Å². The number of phosphoric ester groups is 1. The van der Waals surface area contributed by atoms with Crippen molar-refractivity contribution in [2.45, 2.75) is 30.7 Å². The number of hydrogen-bond donors (Lipinski definition) is 5. The molecule has 1 aliphatic rings. The average Bonchev–Trinajstić information content (AvgIpc) is 2.33. The van der Waals surface area contributed by atoms with Gasteiger partial charge in [0.2, 0.25) is 0 Å². The first kappa shape index (κ1) is 16.7. The summed E-state index contributed by atoms with van der Waals surface area (Å²) in [5, 5.41) is 28.8. The molecule has 0 bridgehead atoms. The van der Waals surface area contributed by atoms with Crippen molar-refractivity contribution in [3.8, 4) is 0 Å². The van der Waals surface area contributed by atoms with Crippen LogP contribution in [0.25, 0.3) is 0 Å². The molecule has 5 N–H and O–H groups in total. The van der Waals surface area contributed by atoms with Crippen molar-refractivity contribution < 1.29 is 43.7 Å². The van der Waals surface area contributed by atoms with Crippen molar-refractivity contribution in [2.75, 3.05) is 13.2 Å². The normalized spacial score (nSPS) is 36.2. The van der Waals surface area contributed by atoms with Crippen LogP contribution in [0.1, 0.15) is 0 Å². The van der Waals surface area contributed by atoms with E-state index in [0.717, 1.165) is 0 Å². The Balaban J connectivity index is 2.64. The Labute approximate surface area is 109 Å². The standard InChI is InChI=1S/C9H17O9P/c1-2-3-16-9-8(12)7(11)6(10)5(18-9)4-17-19(13,14)15/h2,5-12H,1,3-4H2,(H2,13,14,15)/t5-,6-,7+,8+,9?/m1/s1. The first-order chi connectivity index (χ1) is 8.76. The molecule has 0 aliphatic carbocycles. The van der Waals surface area contributed by atoms with E-state index in [1.54, 1.807) is 0 Å². The van der Waals surface area contributed by atoms with Crippen LogP contribution in [0.3, 0.4) is 0 Å². The van der Waals surface area contributed by atoms with Crippen LogP contribution in [-0.2, 0) is 18.6 Å². The molecule has 112 valence electrons. The van der Waals surface area contributed by atoms with Gasteiger partial charge in [-0.05, 0) is 0 Å². The Morgan fingerprint density at radius 1 is 1.21 bits per heavy atom. The highest BCUT2D eigenvalue weighted by molar-refractivity contribution is 7.46. The van der Waals surface area contributed by atoms with Crippen molar-refractivity contribution in [3.05, 3.63) is 12.7 Å². The summed E-state index contributed by atoms with van der Waals surface area (Å²) < 4.78 is 24.8. The summed E-state index contributed by atoms with van der Waals surface area (Å²) in [7, 11) is -4.73. The van der Waals surface area contributed by atoms with Crippen LogP contribution in [0.15, 0.2) is 12.7 Å². The first-order valence-electron chi connectivity index (χ1n) is 5.38. The van der Waals surface area contributed by atoms with Crippen molar-refractivity contribution in [1.82, 2.24) is 0 Å². The number of hydrogen-bond acceptors (Lipinski definition) is 7. The second-order valence-corrected chi connectivity index (χ2v) is 5.16. The number of ether oxygens (including phenoxy) is 2. The number of phosphoric acid groups is 1. The topological polar surface area (TPSA) is 146 Å². The van der Waals surface area contributed by atoms with Gasteiger partial charge in [-0.25, -0.2) is 4.57 Å². The smallest absolute Gasteiger partial charge is 0.387 e. The maximum atomic E-state index is 10.6. The molecule has 10 heteroatoms. The van der Waals surface area contributed by atoms with Crippen LogP contribution in [0.4, 0.5) is 0 Å². The zero-order chi connectivity index (χ0) is 14.6. The van der Waals surface area contributed by atoms with Crippen molar-refractivity contribution in [1.29, 1.82) is 0 Å². The average molecular weight is 300 g/mol. The van der Waals surface area contributed by atoms with E-state index < -0.39 is 45.1 Å². The summed E-state index contributed by atoms with van der Waals surface area (Å²) in [5.74, 6) is 0. The molecule has 1 unspecified atom stereocenters. The number of aliphatic hydroxyl groups excluding tert-OH is 3. The quantitative estimate of drug-likeness (QED) is 0.280. The van der Waals surface area contributed by atoms with Gasteiger partial charge in [-0.3, -0.25) is 4.52 Å².